The van der Waals surface area contributed by atoms with Gasteiger partial charge in [-0.15, -0.1) is 0 Å². The minimum absolute atomic E-state index is 0.273. The van der Waals surface area contributed by atoms with Gasteiger partial charge in [0.15, 0.2) is 0 Å². The molecule has 1 aliphatic rings. The molecular weight excluding hydrogens is 103 g/mol. The number of allylic oxidation sites excluding steroid dienone is 4. The Hall–Kier alpha value is -0.590. The third-order valence-electron chi connectivity index (χ3n) is 1.27. The Labute approximate surface area is 48.7 Å². The van der Waals surface area contributed by atoms with Gasteiger partial charge in [0.1, 0.15) is 6.67 Å². The zero-order valence-electron chi connectivity index (χ0n) is 4.73. The normalized spacial score (nSPS) is 18.4. The van der Waals surface area contributed by atoms with Gasteiger partial charge in [0.05, 0.1) is 0 Å². The maximum atomic E-state index is 11.8. The molecule has 44 valence electrons. The summed E-state index contributed by atoms with van der Waals surface area (Å²) >= 11 is 0. The molecule has 0 aromatic rings. The molecule has 0 N–H and O–H groups in total. The molecule has 0 radical (unpaired) electrons. The van der Waals surface area contributed by atoms with Crippen molar-refractivity contribution in [1.29, 1.82) is 0 Å². The first-order chi connectivity index (χ1) is 3.93. The number of hydrogen-bond donors (Lipinski definition) is 0. The van der Waals surface area contributed by atoms with Crippen molar-refractivity contribution in [1.82, 2.24) is 0 Å². The molecule has 0 saturated carbocycles. The molecule has 0 aromatic carbocycles. The van der Waals surface area contributed by atoms with Gasteiger partial charge in [-0.1, -0.05) is 18.2 Å². The van der Waals surface area contributed by atoms with Gasteiger partial charge in [0.2, 0.25) is 0 Å². The second-order valence-corrected chi connectivity index (χ2v) is 1.93. The second kappa shape index (κ2) is 2.65. The number of alkyl halides is 1. The van der Waals surface area contributed by atoms with E-state index in [9.17, 15) is 4.39 Å². The molecule has 0 heterocycles. The van der Waals surface area contributed by atoms with Gasteiger partial charge in [-0.3, -0.25) is 0 Å². The predicted molar refractivity (Wildman–Crippen MR) is 32.4 cm³/mol. The average Bonchev–Trinajstić information content (AvgIpc) is 1.90. The van der Waals surface area contributed by atoms with Crippen molar-refractivity contribution in [2.24, 2.45) is 0 Å². The van der Waals surface area contributed by atoms with E-state index in [4.69, 9.17) is 0 Å². The van der Waals surface area contributed by atoms with E-state index in [1.54, 1.807) is 0 Å². The highest BCUT2D eigenvalue weighted by Gasteiger charge is 1.95. The van der Waals surface area contributed by atoms with Crippen LogP contribution in [0.2, 0.25) is 0 Å². The van der Waals surface area contributed by atoms with Crippen LogP contribution in [-0.2, 0) is 0 Å². The molecule has 1 rings (SSSR count). The molecule has 1 aliphatic carbocycles. The Morgan fingerprint density at radius 1 is 1.62 bits per heavy atom. The summed E-state index contributed by atoms with van der Waals surface area (Å²) in [4.78, 5) is 0. The van der Waals surface area contributed by atoms with Crippen LogP contribution in [0.3, 0.4) is 0 Å². The lowest BCUT2D eigenvalue weighted by atomic mass is 10.1. The van der Waals surface area contributed by atoms with Crippen molar-refractivity contribution in [3.63, 3.8) is 0 Å². The fourth-order valence-electron chi connectivity index (χ4n) is 0.764. The fourth-order valence-corrected chi connectivity index (χ4v) is 0.764. The van der Waals surface area contributed by atoms with E-state index in [0.29, 0.717) is 0 Å². The molecule has 1 heteroatoms. The third kappa shape index (κ3) is 1.19. The molecule has 0 aliphatic heterocycles. The van der Waals surface area contributed by atoms with Gasteiger partial charge >= 0.3 is 0 Å². The minimum atomic E-state index is -0.273. The Morgan fingerprint density at radius 3 is 2.88 bits per heavy atom. The van der Waals surface area contributed by atoms with E-state index >= 15 is 0 Å². The van der Waals surface area contributed by atoms with Crippen LogP contribution in [0, 0.1) is 0 Å². The lowest BCUT2D eigenvalue weighted by molar-refractivity contribution is 0.531. The topological polar surface area (TPSA) is 0 Å². The zero-order chi connectivity index (χ0) is 5.82. The molecule has 0 amide bonds. The number of rotatable bonds is 1. The maximum Gasteiger partial charge on any atom is 0.111 e. The van der Waals surface area contributed by atoms with Crippen molar-refractivity contribution in [2.75, 3.05) is 6.67 Å². The van der Waals surface area contributed by atoms with Gasteiger partial charge in [-0.05, 0) is 18.4 Å². The summed E-state index contributed by atoms with van der Waals surface area (Å²) < 4.78 is 11.8. The van der Waals surface area contributed by atoms with E-state index in [1.807, 2.05) is 12.2 Å². The Kier molecular flexibility index (Phi) is 1.84. The van der Waals surface area contributed by atoms with Crippen LogP contribution < -0.4 is 0 Å². The molecule has 0 spiro atoms. The summed E-state index contributed by atoms with van der Waals surface area (Å²) in [6.45, 7) is -0.273. The highest BCUT2D eigenvalue weighted by molar-refractivity contribution is 5.17. The van der Waals surface area contributed by atoms with Crippen molar-refractivity contribution in [3.05, 3.63) is 23.8 Å². The lowest BCUT2D eigenvalue weighted by Crippen LogP contribution is -1.87. The molecule has 0 nitrogen and oxygen atoms in total. The Balaban J connectivity index is 2.50. The van der Waals surface area contributed by atoms with E-state index < -0.39 is 0 Å². The summed E-state index contributed by atoms with van der Waals surface area (Å²) in [6, 6.07) is 0. The summed E-state index contributed by atoms with van der Waals surface area (Å²) in [7, 11) is 0. The largest absolute Gasteiger partial charge is 0.246 e. The first kappa shape index (κ1) is 5.54. The molecule has 0 atom stereocenters. The van der Waals surface area contributed by atoms with Crippen molar-refractivity contribution in [3.8, 4) is 0 Å². The number of hydrogen-bond acceptors (Lipinski definition) is 0. The summed E-state index contributed by atoms with van der Waals surface area (Å²) in [6.07, 6.45) is 7.74. The summed E-state index contributed by atoms with van der Waals surface area (Å²) in [5.74, 6) is 0. The molecule has 0 aromatic heterocycles. The van der Waals surface area contributed by atoms with E-state index in [-0.39, 0.29) is 6.67 Å². The van der Waals surface area contributed by atoms with Crippen LogP contribution in [-0.4, -0.2) is 6.67 Å². The highest BCUT2D eigenvalue weighted by Crippen LogP contribution is 2.10. The van der Waals surface area contributed by atoms with Crippen LogP contribution in [0.25, 0.3) is 0 Å². The van der Waals surface area contributed by atoms with E-state index in [0.717, 1.165) is 18.4 Å². The van der Waals surface area contributed by atoms with Crippen LogP contribution in [0.5, 0.6) is 0 Å². The lowest BCUT2D eigenvalue weighted by Gasteiger charge is -2.01. The van der Waals surface area contributed by atoms with Crippen molar-refractivity contribution < 1.29 is 4.39 Å². The van der Waals surface area contributed by atoms with E-state index in [2.05, 4.69) is 6.08 Å². The van der Waals surface area contributed by atoms with Crippen LogP contribution >= 0.6 is 0 Å². The standard InChI is InChI=1S/C7H9F/c8-6-7-4-2-1-3-5-7/h1-2,4H,3,5-6H2. The van der Waals surface area contributed by atoms with Gasteiger partial charge in [-0.25, -0.2) is 4.39 Å². The van der Waals surface area contributed by atoms with Crippen LogP contribution in [0.1, 0.15) is 12.8 Å². The van der Waals surface area contributed by atoms with Crippen LogP contribution in [0.15, 0.2) is 23.8 Å². The zero-order valence-corrected chi connectivity index (χ0v) is 4.73. The molecular formula is C7H9F. The fraction of sp³-hybridized carbons (Fsp3) is 0.429. The van der Waals surface area contributed by atoms with Gasteiger partial charge in [-0.2, -0.15) is 0 Å². The molecule has 0 saturated heterocycles. The summed E-state index contributed by atoms with van der Waals surface area (Å²) in [5.41, 5.74) is 0.924. The Bertz CT molecular complexity index is 122. The average molecular weight is 112 g/mol. The number of halogens is 1. The quantitative estimate of drug-likeness (QED) is 0.488. The molecule has 0 unspecified atom stereocenters. The first-order valence-corrected chi connectivity index (χ1v) is 2.84. The van der Waals surface area contributed by atoms with Gasteiger partial charge in [0.25, 0.3) is 0 Å². The SMILES string of the molecule is FCC1=CC=CCC1. The third-order valence-corrected chi connectivity index (χ3v) is 1.27. The first-order valence-electron chi connectivity index (χ1n) is 2.84. The smallest absolute Gasteiger partial charge is 0.111 e. The maximum absolute atomic E-state index is 11.8. The minimum Gasteiger partial charge on any atom is -0.246 e. The monoisotopic (exact) mass is 112 g/mol. The molecule has 0 bridgehead atoms. The molecule has 8 heavy (non-hydrogen) atoms. The van der Waals surface area contributed by atoms with Crippen molar-refractivity contribution in [2.45, 2.75) is 12.8 Å². The van der Waals surface area contributed by atoms with Crippen LogP contribution in [0.4, 0.5) is 4.39 Å². The molecule has 0 fully saturated rings. The van der Waals surface area contributed by atoms with Crippen molar-refractivity contribution >= 4 is 0 Å². The summed E-state index contributed by atoms with van der Waals surface area (Å²) in [5, 5.41) is 0. The highest BCUT2D eigenvalue weighted by atomic mass is 19.1. The van der Waals surface area contributed by atoms with E-state index in [1.165, 1.54) is 0 Å². The second-order valence-electron chi connectivity index (χ2n) is 1.93. The van der Waals surface area contributed by atoms with Gasteiger partial charge < -0.3 is 0 Å². The Morgan fingerprint density at radius 2 is 2.50 bits per heavy atom. The predicted octanol–water partition coefficient (Wildman–Crippen LogP) is 2.23. The van der Waals surface area contributed by atoms with Gasteiger partial charge in [0, 0.05) is 0 Å².